The van der Waals surface area contributed by atoms with Crippen molar-refractivity contribution in [3.63, 3.8) is 0 Å². The van der Waals surface area contributed by atoms with Crippen LogP contribution in [0.3, 0.4) is 0 Å². The molecule has 5 rings (SSSR count). The highest BCUT2D eigenvalue weighted by molar-refractivity contribution is 6.36. The second-order valence-electron chi connectivity index (χ2n) is 9.83. The highest BCUT2D eigenvalue weighted by Gasteiger charge is 2.20. The smallest absolute Gasteiger partial charge is 0.147 e. The van der Waals surface area contributed by atoms with Gasteiger partial charge in [-0.25, -0.2) is 4.98 Å². The van der Waals surface area contributed by atoms with E-state index in [2.05, 4.69) is 81.2 Å². The topological polar surface area (TPSA) is 64.3 Å². The Balaban J connectivity index is 1.57. The first-order valence-corrected chi connectivity index (χ1v) is 12.9. The van der Waals surface area contributed by atoms with Crippen molar-refractivity contribution in [3.05, 3.63) is 83.0 Å². The third-order valence-electron chi connectivity index (χ3n) is 7.06. The van der Waals surface area contributed by atoms with Gasteiger partial charge in [-0.3, -0.25) is 9.69 Å². The number of nitrogens with one attached hydrogen (secondary N) is 2. The number of piperazine rings is 1. The van der Waals surface area contributed by atoms with Crippen molar-refractivity contribution < 1.29 is 4.79 Å². The van der Waals surface area contributed by atoms with E-state index in [-0.39, 0.29) is 0 Å². The van der Waals surface area contributed by atoms with Gasteiger partial charge in [0.1, 0.15) is 11.9 Å². The maximum Gasteiger partial charge on any atom is 0.147 e. The van der Waals surface area contributed by atoms with Crippen LogP contribution in [0, 0.1) is 6.92 Å². The lowest BCUT2D eigenvalue weighted by Crippen LogP contribution is -2.43. The Morgan fingerprint density at radius 1 is 1.14 bits per heavy atom. The summed E-state index contributed by atoms with van der Waals surface area (Å²) in [6.45, 7) is 11.5. The number of likely N-dealkylation sites (N-methyl/N-ethyl adjacent to an activating group) is 1. The highest BCUT2D eigenvalue weighted by atomic mass is 35.5. The van der Waals surface area contributed by atoms with Gasteiger partial charge < -0.3 is 15.2 Å². The van der Waals surface area contributed by atoms with Crippen molar-refractivity contribution >= 4 is 34.6 Å². The number of aryl methyl sites for hydroxylation is 1. The van der Waals surface area contributed by atoms with Crippen molar-refractivity contribution in [3.8, 4) is 22.4 Å². The molecule has 1 aliphatic rings. The van der Waals surface area contributed by atoms with Gasteiger partial charge in [0, 0.05) is 67.7 Å². The number of anilines is 1. The van der Waals surface area contributed by atoms with Gasteiger partial charge in [0.05, 0.1) is 10.7 Å². The lowest BCUT2D eigenvalue weighted by atomic mass is 9.96. The lowest BCUT2D eigenvalue weighted by molar-refractivity contribution is -0.104. The molecule has 6 nitrogen and oxygen atoms in total. The Morgan fingerprint density at radius 2 is 1.95 bits per heavy atom. The van der Waals surface area contributed by atoms with Crippen LogP contribution in [-0.2, 0) is 11.3 Å². The lowest BCUT2D eigenvalue weighted by Gasteiger charge is -2.32. The van der Waals surface area contributed by atoms with Crippen molar-refractivity contribution in [1.29, 1.82) is 0 Å². The standard InChI is InChI=1S/C30H32ClN5O/c1-20(19-37)17-33-26-16-23(8-7-21(26)2)27-28-25(31)9-10-32-30(28)34-29(27)24-6-4-5-22(15-24)18-36-13-11-35(3)12-14-36/h4-10,15-16,19,33H,1,11-14,17-18H2,2-3H3,(H,32,34). The number of fused-ring (bicyclic) bond motifs is 1. The van der Waals surface area contributed by atoms with E-state index in [1.165, 1.54) is 5.56 Å². The molecular weight excluding hydrogens is 482 g/mol. The number of benzene rings is 2. The number of hydrogen-bond donors (Lipinski definition) is 2. The molecule has 7 heteroatoms. The predicted octanol–water partition coefficient (Wildman–Crippen LogP) is 5.77. The molecule has 0 saturated carbocycles. The number of aromatic amines is 1. The Kier molecular flexibility index (Phi) is 7.42. The van der Waals surface area contributed by atoms with Gasteiger partial charge in [0.15, 0.2) is 0 Å². The number of carbonyl (C=O) groups excluding carboxylic acids is 1. The number of nitrogens with zero attached hydrogens (tertiary/aromatic N) is 3. The van der Waals surface area contributed by atoms with E-state index in [0.29, 0.717) is 17.1 Å². The first kappa shape index (κ1) is 25.2. The van der Waals surface area contributed by atoms with Gasteiger partial charge in [-0.15, -0.1) is 0 Å². The van der Waals surface area contributed by atoms with Crippen LogP contribution in [0.2, 0.25) is 5.02 Å². The third kappa shape index (κ3) is 5.47. The SMILES string of the molecule is C=C(C=O)CNc1cc(-c2c(-c3cccc(CN4CCN(C)CC4)c3)[nH]c3nccc(Cl)c23)ccc1C. The highest BCUT2D eigenvalue weighted by Crippen LogP contribution is 2.42. The fraction of sp³-hybridized carbons (Fsp3) is 0.267. The summed E-state index contributed by atoms with van der Waals surface area (Å²) in [6.07, 6.45) is 2.51. The molecule has 190 valence electrons. The Labute approximate surface area is 223 Å². The number of halogens is 1. The molecule has 0 spiro atoms. The summed E-state index contributed by atoms with van der Waals surface area (Å²) in [5.74, 6) is 0. The molecule has 0 unspecified atom stereocenters. The molecule has 2 aromatic heterocycles. The molecule has 0 amide bonds. The molecule has 1 aliphatic heterocycles. The summed E-state index contributed by atoms with van der Waals surface area (Å²) in [5.41, 5.74) is 8.69. The van der Waals surface area contributed by atoms with E-state index < -0.39 is 0 Å². The van der Waals surface area contributed by atoms with Crippen LogP contribution in [-0.4, -0.2) is 65.8 Å². The van der Waals surface area contributed by atoms with Crippen molar-refractivity contribution in [2.45, 2.75) is 13.5 Å². The zero-order valence-electron chi connectivity index (χ0n) is 21.4. The molecule has 37 heavy (non-hydrogen) atoms. The molecule has 3 heterocycles. The summed E-state index contributed by atoms with van der Waals surface area (Å²) < 4.78 is 0. The average Bonchev–Trinajstić information content (AvgIpc) is 3.30. The maximum absolute atomic E-state index is 11.0. The Morgan fingerprint density at radius 3 is 2.73 bits per heavy atom. The van der Waals surface area contributed by atoms with Crippen LogP contribution in [0.4, 0.5) is 5.69 Å². The second kappa shape index (κ2) is 10.9. The summed E-state index contributed by atoms with van der Waals surface area (Å²) in [6, 6.07) is 16.9. The fourth-order valence-corrected chi connectivity index (χ4v) is 5.13. The van der Waals surface area contributed by atoms with Gasteiger partial charge >= 0.3 is 0 Å². The van der Waals surface area contributed by atoms with Gasteiger partial charge in [0.2, 0.25) is 0 Å². The van der Waals surface area contributed by atoms with Crippen LogP contribution >= 0.6 is 11.6 Å². The molecule has 0 aliphatic carbocycles. The second-order valence-corrected chi connectivity index (χ2v) is 10.2. The van der Waals surface area contributed by atoms with Crippen LogP contribution in [0.1, 0.15) is 11.1 Å². The van der Waals surface area contributed by atoms with E-state index in [0.717, 1.165) is 83.7 Å². The molecule has 0 atom stereocenters. The maximum atomic E-state index is 11.0. The van der Waals surface area contributed by atoms with Crippen LogP contribution < -0.4 is 5.32 Å². The van der Waals surface area contributed by atoms with Gasteiger partial charge in [-0.05, 0) is 54.4 Å². The number of carbonyl (C=O) groups is 1. The van der Waals surface area contributed by atoms with Crippen LogP contribution in [0.5, 0.6) is 0 Å². The van der Waals surface area contributed by atoms with E-state index in [9.17, 15) is 4.79 Å². The molecule has 1 saturated heterocycles. The number of aromatic nitrogens is 2. The first-order valence-electron chi connectivity index (χ1n) is 12.6. The predicted molar refractivity (Wildman–Crippen MR) is 153 cm³/mol. The number of pyridine rings is 1. The molecule has 0 radical (unpaired) electrons. The number of H-pyrrole nitrogens is 1. The molecule has 4 aromatic rings. The minimum absolute atomic E-state index is 0.394. The normalized spacial score (nSPS) is 14.7. The third-order valence-corrected chi connectivity index (χ3v) is 7.38. The first-order chi connectivity index (χ1) is 17.9. The summed E-state index contributed by atoms with van der Waals surface area (Å²) >= 11 is 6.74. The van der Waals surface area contributed by atoms with Gasteiger partial charge in [0.25, 0.3) is 0 Å². The fourth-order valence-electron chi connectivity index (χ4n) is 4.89. The molecule has 0 bridgehead atoms. The zero-order valence-corrected chi connectivity index (χ0v) is 22.1. The summed E-state index contributed by atoms with van der Waals surface area (Å²) in [7, 11) is 2.18. The minimum Gasteiger partial charge on any atom is -0.381 e. The Bertz CT molecular complexity index is 1450. The van der Waals surface area contributed by atoms with Crippen molar-refractivity contribution in [2.24, 2.45) is 0 Å². The van der Waals surface area contributed by atoms with E-state index in [1.807, 2.05) is 13.0 Å². The average molecular weight is 514 g/mol. The zero-order chi connectivity index (χ0) is 25.9. The molecular formula is C30H32ClN5O. The Hall–Kier alpha value is -3.45. The van der Waals surface area contributed by atoms with Crippen molar-refractivity contribution in [2.75, 3.05) is 45.1 Å². The van der Waals surface area contributed by atoms with Crippen molar-refractivity contribution in [1.82, 2.24) is 19.8 Å². The van der Waals surface area contributed by atoms with Crippen LogP contribution in [0.15, 0.2) is 66.9 Å². The van der Waals surface area contributed by atoms with E-state index in [1.54, 1.807) is 6.20 Å². The van der Waals surface area contributed by atoms with E-state index in [4.69, 9.17) is 11.6 Å². The van der Waals surface area contributed by atoms with Gasteiger partial charge in [-0.2, -0.15) is 0 Å². The summed E-state index contributed by atoms with van der Waals surface area (Å²) in [4.78, 5) is 24.1. The quantitative estimate of drug-likeness (QED) is 0.231. The number of aldehydes is 1. The molecule has 2 N–H and O–H groups in total. The minimum atomic E-state index is 0.394. The van der Waals surface area contributed by atoms with Gasteiger partial charge in [-0.1, -0.05) is 48.5 Å². The summed E-state index contributed by atoms with van der Waals surface area (Å²) in [5, 5.41) is 4.90. The number of hydrogen-bond acceptors (Lipinski definition) is 5. The largest absolute Gasteiger partial charge is 0.381 e. The monoisotopic (exact) mass is 513 g/mol. The van der Waals surface area contributed by atoms with E-state index >= 15 is 0 Å². The van der Waals surface area contributed by atoms with Crippen LogP contribution in [0.25, 0.3) is 33.4 Å². The number of rotatable bonds is 8. The molecule has 2 aromatic carbocycles. The molecule has 1 fully saturated rings.